The highest BCUT2D eigenvalue weighted by atomic mass is 35.5. The normalized spacial score (nSPS) is 12.1. The second-order valence-electron chi connectivity index (χ2n) is 4.09. The van der Waals surface area contributed by atoms with E-state index in [-0.39, 0.29) is 5.54 Å². The van der Waals surface area contributed by atoms with Crippen LogP contribution in [0.15, 0.2) is 0 Å². The molecule has 0 N–H and O–H groups in total. The molecule has 1 heterocycles. The third-order valence-corrected chi connectivity index (χ3v) is 3.57. The van der Waals surface area contributed by atoms with Gasteiger partial charge in [-0.2, -0.15) is 0 Å². The lowest BCUT2D eigenvalue weighted by atomic mass is 10.1. The molecule has 86 valence electrons. The fourth-order valence-electron chi connectivity index (χ4n) is 0.718. The van der Waals surface area contributed by atoms with E-state index in [1.54, 1.807) is 0 Å². The Morgan fingerprint density at radius 1 is 1.40 bits per heavy atom. The predicted molar refractivity (Wildman–Crippen MR) is 62.7 cm³/mol. The van der Waals surface area contributed by atoms with E-state index < -0.39 is 0 Å². The molecule has 0 saturated carbocycles. The average molecular weight is 250 g/mol. The summed E-state index contributed by atoms with van der Waals surface area (Å²) in [7, 11) is 4.04. The van der Waals surface area contributed by atoms with Gasteiger partial charge in [-0.1, -0.05) is 11.3 Å². The largest absolute Gasteiger partial charge is 0.467 e. The third-order valence-electron chi connectivity index (χ3n) is 2.32. The van der Waals surface area contributed by atoms with Crippen LogP contribution in [0.5, 0.6) is 5.19 Å². The third kappa shape index (κ3) is 3.59. The minimum absolute atomic E-state index is 0.0210. The fraction of sp³-hybridized carbons (Fsp3) is 0.778. The molecule has 0 aliphatic carbocycles. The van der Waals surface area contributed by atoms with Gasteiger partial charge in [0, 0.05) is 5.54 Å². The van der Waals surface area contributed by atoms with Gasteiger partial charge in [-0.15, -0.1) is 21.8 Å². The van der Waals surface area contributed by atoms with E-state index in [2.05, 4.69) is 28.9 Å². The molecule has 0 radical (unpaired) electrons. The number of ether oxygens (including phenoxy) is 1. The first-order valence-corrected chi connectivity index (χ1v) is 5.99. The Morgan fingerprint density at radius 3 is 2.53 bits per heavy atom. The molecular formula is C9H16ClN3OS. The van der Waals surface area contributed by atoms with Crippen molar-refractivity contribution in [2.45, 2.75) is 25.3 Å². The lowest BCUT2D eigenvalue weighted by molar-refractivity contribution is 0.113. The average Bonchev–Trinajstić information content (AvgIpc) is 2.62. The Kier molecular flexibility index (Phi) is 4.31. The van der Waals surface area contributed by atoms with Crippen LogP contribution < -0.4 is 4.74 Å². The van der Waals surface area contributed by atoms with Crippen molar-refractivity contribution in [1.82, 2.24) is 15.1 Å². The van der Waals surface area contributed by atoms with Crippen molar-refractivity contribution in [3.63, 3.8) is 0 Å². The molecule has 6 heteroatoms. The Balaban J connectivity index is 2.50. The summed E-state index contributed by atoms with van der Waals surface area (Å²) in [5.74, 6) is 0.387. The van der Waals surface area contributed by atoms with Gasteiger partial charge in [0.2, 0.25) is 0 Å². The minimum atomic E-state index is -0.0210. The summed E-state index contributed by atoms with van der Waals surface area (Å²) in [6, 6.07) is 0. The second kappa shape index (κ2) is 5.09. The van der Waals surface area contributed by atoms with Gasteiger partial charge in [0.25, 0.3) is 5.19 Å². The van der Waals surface area contributed by atoms with Gasteiger partial charge >= 0.3 is 0 Å². The van der Waals surface area contributed by atoms with E-state index >= 15 is 0 Å². The number of alkyl halides is 1. The molecule has 1 aromatic rings. The smallest absolute Gasteiger partial charge is 0.294 e. The van der Waals surface area contributed by atoms with Gasteiger partial charge in [-0.25, -0.2) is 0 Å². The molecule has 0 saturated heterocycles. The van der Waals surface area contributed by atoms with Gasteiger partial charge in [-0.3, -0.25) is 0 Å². The summed E-state index contributed by atoms with van der Waals surface area (Å²) in [5.41, 5.74) is -0.0210. The molecule has 0 bridgehead atoms. The van der Waals surface area contributed by atoms with Crippen LogP contribution in [-0.2, 0) is 5.88 Å². The van der Waals surface area contributed by atoms with Crippen molar-refractivity contribution < 1.29 is 4.74 Å². The zero-order valence-electron chi connectivity index (χ0n) is 9.45. The molecule has 0 atom stereocenters. The predicted octanol–water partition coefficient (Wildman–Crippen LogP) is 2.00. The highest BCUT2D eigenvalue weighted by Crippen LogP contribution is 2.21. The molecule has 0 unspecified atom stereocenters. The standard InChI is InChI=1S/C9H16ClN3OS/c1-9(2,13(3)4)6-14-8-12-11-7(5-10)15-8/h5-6H2,1-4H3. The second-order valence-corrected chi connectivity index (χ2v) is 5.38. The maximum atomic E-state index is 5.62. The summed E-state index contributed by atoms with van der Waals surface area (Å²) in [6.07, 6.45) is 0. The highest BCUT2D eigenvalue weighted by molar-refractivity contribution is 7.13. The zero-order valence-corrected chi connectivity index (χ0v) is 11.0. The molecule has 0 aliphatic heterocycles. The van der Waals surface area contributed by atoms with E-state index in [1.165, 1.54) is 11.3 Å². The van der Waals surface area contributed by atoms with E-state index in [4.69, 9.17) is 16.3 Å². The quantitative estimate of drug-likeness (QED) is 0.749. The molecule has 0 amide bonds. The lowest BCUT2D eigenvalue weighted by Gasteiger charge is -2.31. The fourth-order valence-corrected chi connectivity index (χ4v) is 1.47. The first-order chi connectivity index (χ1) is 6.95. The van der Waals surface area contributed by atoms with Crippen molar-refractivity contribution in [2.24, 2.45) is 0 Å². The van der Waals surface area contributed by atoms with Crippen LogP contribution in [0.4, 0.5) is 0 Å². The van der Waals surface area contributed by atoms with Crippen LogP contribution in [0.3, 0.4) is 0 Å². The molecule has 4 nitrogen and oxygen atoms in total. The van der Waals surface area contributed by atoms with E-state index in [9.17, 15) is 0 Å². The Hall–Kier alpha value is -0.390. The van der Waals surface area contributed by atoms with Crippen molar-refractivity contribution in [1.29, 1.82) is 0 Å². The van der Waals surface area contributed by atoms with Crippen molar-refractivity contribution in [3.05, 3.63) is 5.01 Å². The summed E-state index contributed by atoms with van der Waals surface area (Å²) >= 11 is 7.02. The van der Waals surface area contributed by atoms with Crippen molar-refractivity contribution in [3.8, 4) is 5.19 Å². The first kappa shape index (κ1) is 12.7. The van der Waals surface area contributed by atoms with Gasteiger partial charge in [0.1, 0.15) is 11.6 Å². The van der Waals surface area contributed by atoms with Crippen LogP contribution >= 0.6 is 22.9 Å². The summed E-state index contributed by atoms with van der Waals surface area (Å²) in [5, 5.41) is 9.14. The van der Waals surface area contributed by atoms with Gasteiger partial charge in [0.15, 0.2) is 0 Å². The van der Waals surface area contributed by atoms with Crippen LogP contribution in [0.25, 0.3) is 0 Å². The van der Waals surface area contributed by atoms with Crippen molar-refractivity contribution >= 4 is 22.9 Å². The summed E-state index contributed by atoms with van der Waals surface area (Å²) in [4.78, 5) is 2.11. The van der Waals surface area contributed by atoms with Gasteiger partial charge in [-0.05, 0) is 27.9 Å². The molecule has 1 aromatic heterocycles. The number of rotatable bonds is 5. The molecule has 0 aromatic carbocycles. The summed E-state index contributed by atoms with van der Waals surface area (Å²) < 4.78 is 5.56. The molecule has 1 rings (SSSR count). The van der Waals surface area contributed by atoms with E-state index in [0.717, 1.165) is 5.01 Å². The number of likely N-dealkylation sites (N-methyl/N-ethyl adjacent to an activating group) is 1. The minimum Gasteiger partial charge on any atom is -0.467 e. The molecule has 0 spiro atoms. The summed E-state index contributed by atoms with van der Waals surface area (Å²) in [6.45, 7) is 4.80. The van der Waals surface area contributed by atoms with Crippen LogP contribution in [-0.4, -0.2) is 41.3 Å². The Bertz CT molecular complexity index is 314. The highest BCUT2D eigenvalue weighted by Gasteiger charge is 2.22. The van der Waals surface area contributed by atoms with E-state index in [1.807, 2.05) is 14.1 Å². The topological polar surface area (TPSA) is 38.2 Å². The number of hydrogen-bond acceptors (Lipinski definition) is 5. The first-order valence-electron chi connectivity index (χ1n) is 4.64. The monoisotopic (exact) mass is 249 g/mol. The molecule has 15 heavy (non-hydrogen) atoms. The Labute approximate surface area is 99.2 Å². The van der Waals surface area contributed by atoms with Crippen LogP contribution in [0.2, 0.25) is 0 Å². The maximum absolute atomic E-state index is 5.62. The lowest BCUT2D eigenvalue weighted by Crippen LogP contribution is -2.43. The maximum Gasteiger partial charge on any atom is 0.294 e. The van der Waals surface area contributed by atoms with Gasteiger partial charge in [0.05, 0.1) is 5.88 Å². The van der Waals surface area contributed by atoms with Crippen LogP contribution in [0.1, 0.15) is 18.9 Å². The zero-order chi connectivity index (χ0) is 11.5. The Morgan fingerprint density at radius 2 is 2.07 bits per heavy atom. The SMILES string of the molecule is CN(C)C(C)(C)COc1nnc(CCl)s1. The number of aromatic nitrogens is 2. The van der Waals surface area contributed by atoms with Crippen molar-refractivity contribution in [2.75, 3.05) is 20.7 Å². The molecule has 0 fully saturated rings. The van der Waals surface area contributed by atoms with Gasteiger partial charge < -0.3 is 9.64 Å². The van der Waals surface area contributed by atoms with E-state index in [0.29, 0.717) is 17.7 Å². The van der Waals surface area contributed by atoms with Crippen LogP contribution in [0, 0.1) is 0 Å². The molecule has 0 aliphatic rings. The number of nitrogens with zero attached hydrogens (tertiary/aromatic N) is 3. The number of halogens is 1. The number of hydrogen-bond donors (Lipinski definition) is 0. The molecular weight excluding hydrogens is 234 g/mol.